The summed E-state index contributed by atoms with van der Waals surface area (Å²) in [6.45, 7) is 0.435. The molecule has 1 aromatic carbocycles. The maximum absolute atomic E-state index is 12.4. The van der Waals surface area contributed by atoms with E-state index in [1.807, 2.05) is 6.07 Å². The summed E-state index contributed by atoms with van der Waals surface area (Å²) in [6.07, 6.45) is 5.32. The molecule has 4 rings (SSSR count). The summed E-state index contributed by atoms with van der Waals surface area (Å²) in [5, 5.41) is 7.62. The average molecular weight is 379 g/mol. The lowest BCUT2D eigenvalue weighted by molar-refractivity contribution is -0.121. The summed E-state index contributed by atoms with van der Waals surface area (Å²) in [5.74, 6) is -0.313. The zero-order chi connectivity index (χ0) is 19.5. The van der Waals surface area contributed by atoms with Crippen molar-refractivity contribution in [2.45, 2.75) is 38.8 Å². The van der Waals surface area contributed by atoms with Crippen LogP contribution in [0, 0.1) is 0 Å². The van der Waals surface area contributed by atoms with Crippen LogP contribution in [0.1, 0.15) is 24.1 Å². The van der Waals surface area contributed by atoms with Gasteiger partial charge < -0.3 is 5.32 Å². The number of para-hydroxylation sites is 1. The molecule has 0 unspecified atom stereocenters. The van der Waals surface area contributed by atoms with Crippen molar-refractivity contribution in [3.05, 3.63) is 68.6 Å². The molecule has 0 fully saturated rings. The van der Waals surface area contributed by atoms with E-state index in [4.69, 9.17) is 0 Å². The smallest absolute Gasteiger partial charge is 0.267 e. The van der Waals surface area contributed by atoms with Gasteiger partial charge in [0.1, 0.15) is 6.54 Å². The fraction of sp³-hybridized carbons (Fsp3) is 0.350. The average Bonchev–Trinajstić information content (AvgIpc) is 2.70. The van der Waals surface area contributed by atoms with Gasteiger partial charge in [-0.2, -0.15) is 5.10 Å². The second-order valence-electron chi connectivity index (χ2n) is 6.93. The zero-order valence-corrected chi connectivity index (χ0v) is 15.4. The molecule has 1 aliphatic rings. The van der Waals surface area contributed by atoms with E-state index in [1.54, 1.807) is 24.3 Å². The molecule has 8 nitrogen and oxygen atoms in total. The van der Waals surface area contributed by atoms with Gasteiger partial charge in [0.25, 0.3) is 11.1 Å². The second kappa shape index (κ2) is 7.75. The Labute approximate surface area is 160 Å². The van der Waals surface area contributed by atoms with Crippen LogP contribution in [-0.2, 0) is 30.7 Å². The Balaban J connectivity index is 1.38. The third-order valence-electron chi connectivity index (χ3n) is 4.97. The summed E-state index contributed by atoms with van der Waals surface area (Å²) in [4.78, 5) is 41.1. The number of nitrogens with zero attached hydrogens (tertiary/aromatic N) is 4. The third kappa shape index (κ3) is 3.71. The van der Waals surface area contributed by atoms with Gasteiger partial charge in [-0.1, -0.05) is 12.1 Å². The highest BCUT2D eigenvalue weighted by Crippen LogP contribution is 2.16. The number of aryl methyl sites for hydroxylation is 2. The molecule has 0 saturated carbocycles. The maximum atomic E-state index is 12.4. The Morgan fingerprint density at radius 3 is 2.86 bits per heavy atom. The van der Waals surface area contributed by atoms with Crippen molar-refractivity contribution in [2.75, 3.05) is 6.54 Å². The Morgan fingerprint density at radius 1 is 1.14 bits per heavy atom. The minimum atomic E-state index is -0.313. The van der Waals surface area contributed by atoms with Gasteiger partial charge in [0.2, 0.25) is 5.91 Å². The number of carbonyl (C=O) groups is 1. The fourth-order valence-electron chi connectivity index (χ4n) is 3.49. The van der Waals surface area contributed by atoms with E-state index in [9.17, 15) is 14.4 Å². The molecule has 0 aliphatic heterocycles. The normalized spacial score (nSPS) is 13.3. The minimum absolute atomic E-state index is 0.128. The van der Waals surface area contributed by atoms with Gasteiger partial charge in [-0.25, -0.2) is 9.67 Å². The van der Waals surface area contributed by atoms with Gasteiger partial charge in [-0.05, 0) is 43.4 Å². The molecule has 3 aromatic rings. The van der Waals surface area contributed by atoms with E-state index in [0.717, 1.165) is 36.9 Å². The summed E-state index contributed by atoms with van der Waals surface area (Å²) in [5.41, 5.74) is 2.15. The second-order valence-corrected chi connectivity index (χ2v) is 6.93. The number of amides is 1. The number of fused-ring (bicyclic) bond motifs is 2. The molecule has 0 saturated heterocycles. The summed E-state index contributed by atoms with van der Waals surface area (Å²) in [7, 11) is 0. The lowest BCUT2D eigenvalue weighted by Crippen LogP contribution is -2.37. The van der Waals surface area contributed by atoms with E-state index in [1.165, 1.54) is 15.6 Å². The van der Waals surface area contributed by atoms with Gasteiger partial charge in [0.05, 0.1) is 22.9 Å². The molecular formula is C20H21N5O3. The molecule has 8 heteroatoms. The molecule has 28 heavy (non-hydrogen) atoms. The molecule has 1 N–H and O–H groups in total. The van der Waals surface area contributed by atoms with Crippen molar-refractivity contribution in [1.82, 2.24) is 24.6 Å². The van der Waals surface area contributed by atoms with E-state index < -0.39 is 0 Å². The predicted octanol–water partition coefficient (Wildman–Crippen LogP) is 0.648. The number of aromatic nitrogens is 4. The van der Waals surface area contributed by atoms with Crippen LogP contribution in [-0.4, -0.2) is 31.8 Å². The molecule has 2 heterocycles. The van der Waals surface area contributed by atoms with Crippen LogP contribution in [0.5, 0.6) is 0 Å². The highest BCUT2D eigenvalue weighted by atomic mass is 16.2. The predicted molar refractivity (Wildman–Crippen MR) is 104 cm³/mol. The lowest BCUT2D eigenvalue weighted by Gasteiger charge is -2.15. The van der Waals surface area contributed by atoms with Crippen LogP contribution >= 0.6 is 0 Å². The molecule has 0 atom stereocenters. The standard InChI is InChI=1S/C20H21N5O3/c26-18(12-25-19(27)11-14-5-1-3-7-16(14)23-25)21-9-10-24-13-22-17-8-4-2-6-15(17)20(24)28/h2,4,6,8,11,13H,1,3,5,7,9-10,12H2,(H,21,26). The van der Waals surface area contributed by atoms with Crippen molar-refractivity contribution in [3.8, 4) is 0 Å². The Morgan fingerprint density at radius 2 is 1.96 bits per heavy atom. The van der Waals surface area contributed by atoms with Gasteiger partial charge in [-0.15, -0.1) is 0 Å². The van der Waals surface area contributed by atoms with Crippen LogP contribution < -0.4 is 16.4 Å². The summed E-state index contributed by atoms with van der Waals surface area (Å²) >= 11 is 0. The van der Waals surface area contributed by atoms with Crippen LogP contribution in [0.4, 0.5) is 0 Å². The molecule has 0 spiro atoms. The fourth-order valence-corrected chi connectivity index (χ4v) is 3.49. The van der Waals surface area contributed by atoms with E-state index in [0.29, 0.717) is 17.4 Å². The number of hydrogen-bond donors (Lipinski definition) is 1. The number of carbonyl (C=O) groups excluding carboxylic acids is 1. The first-order valence-electron chi connectivity index (χ1n) is 9.42. The largest absolute Gasteiger partial charge is 0.353 e. The quantitative estimate of drug-likeness (QED) is 0.702. The Hall–Kier alpha value is -3.29. The first-order chi connectivity index (χ1) is 13.6. The first-order valence-corrected chi connectivity index (χ1v) is 9.42. The van der Waals surface area contributed by atoms with Crippen molar-refractivity contribution >= 4 is 16.8 Å². The first kappa shape index (κ1) is 18.1. The van der Waals surface area contributed by atoms with Crippen LogP contribution in [0.2, 0.25) is 0 Å². The zero-order valence-electron chi connectivity index (χ0n) is 15.4. The van der Waals surface area contributed by atoms with E-state index >= 15 is 0 Å². The lowest BCUT2D eigenvalue weighted by atomic mass is 9.97. The SMILES string of the molecule is O=C(Cn1nc2c(cc1=O)CCCC2)NCCn1cnc2ccccc2c1=O. The number of nitrogens with one attached hydrogen (secondary N) is 1. The van der Waals surface area contributed by atoms with Crippen molar-refractivity contribution in [1.29, 1.82) is 0 Å². The van der Waals surface area contributed by atoms with Crippen LogP contribution in [0.15, 0.2) is 46.2 Å². The third-order valence-corrected chi connectivity index (χ3v) is 4.97. The summed E-state index contributed by atoms with van der Waals surface area (Å²) in [6, 6.07) is 8.73. The van der Waals surface area contributed by atoms with Gasteiger partial charge >= 0.3 is 0 Å². The summed E-state index contributed by atoms with van der Waals surface area (Å²) < 4.78 is 2.68. The highest BCUT2D eigenvalue weighted by molar-refractivity contribution is 5.77. The highest BCUT2D eigenvalue weighted by Gasteiger charge is 2.14. The van der Waals surface area contributed by atoms with Gasteiger partial charge in [0, 0.05) is 19.2 Å². The van der Waals surface area contributed by atoms with E-state index in [-0.39, 0.29) is 30.1 Å². The monoisotopic (exact) mass is 379 g/mol. The maximum Gasteiger partial charge on any atom is 0.267 e. The molecule has 144 valence electrons. The molecule has 0 bridgehead atoms. The van der Waals surface area contributed by atoms with Crippen molar-refractivity contribution in [2.24, 2.45) is 0 Å². The van der Waals surface area contributed by atoms with Gasteiger partial charge in [-0.3, -0.25) is 19.0 Å². The molecule has 1 aliphatic carbocycles. The van der Waals surface area contributed by atoms with Crippen molar-refractivity contribution < 1.29 is 4.79 Å². The van der Waals surface area contributed by atoms with Crippen LogP contribution in [0.3, 0.4) is 0 Å². The minimum Gasteiger partial charge on any atom is -0.353 e. The Kier molecular flexibility index (Phi) is 5.01. The topological polar surface area (TPSA) is 98.9 Å². The Bertz CT molecular complexity index is 1150. The molecule has 2 aromatic heterocycles. The van der Waals surface area contributed by atoms with Gasteiger partial charge in [0.15, 0.2) is 0 Å². The van der Waals surface area contributed by atoms with E-state index in [2.05, 4.69) is 15.4 Å². The number of rotatable bonds is 5. The van der Waals surface area contributed by atoms with Crippen LogP contribution in [0.25, 0.3) is 10.9 Å². The van der Waals surface area contributed by atoms with Crippen molar-refractivity contribution in [3.63, 3.8) is 0 Å². The molecular weight excluding hydrogens is 358 g/mol. The number of hydrogen-bond acceptors (Lipinski definition) is 5. The number of benzene rings is 1. The molecule has 0 radical (unpaired) electrons. The molecule has 1 amide bonds.